The molecule has 1 amide bonds. The van der Waals surface area contributed by atoms with Crippen LogP contribution in [0.15, 0.2) is 18.2 Å². The monoisotopic (exact) mass is 358 g/mol. The molecule has 0 atom stereocenters. The van der Waals surface area contributed by atoms with Crippen molar-refractivity contribution < 1.29 is 4.79 Å². The summed E-state index contributed by atoms with van der Waals surface area (Å²) < 4.78 is 0. The summed E-state index contributed by atoms with van der Waals surface area (Å²) in [5.74, 6) is 0.735. The second-order valence-corrected chi connectivity index (χ2v) is 6.96. The molecule has 0 spiro atoms. The zero-order chi connectivity index (χ0) is 16.1. The summed E-state index contributed by atoms with van der Waals surface area (Å²) in [6, 6.07) is 6.31. The van der Waals surface area contributed by atoms with E-state index in [9.17, 15) is 4.79 Å². The van der Waals surface area contributed by atoms with E-state index >= 15 is 0 Å². The highest BCUT2D eigenvalue weighted by molar-refractivity contribution is 6.31. The molecule has 0 aromatic heterocycles. The SMILES string of the molecule is CC(C)c1ccc(CCCC(=O)N2CCN(C)CC2)cc1Cl.Cl. The van der Waals surface area contributed by atoms with E-state index in [2.05, 4.69) is 44.0 Å². The Morgan fingerprint density at radius 1 is 1.22 bits per heavy atom. The van der Waals surface area contributed by atoms with Gasteiger partial charge in [0.15, 0.2) is 0 Å². The van der Waals surface area contributed by atoms with Gasteiger partial charge in [-0.25, -0.2) is 0 Å². The van der Waals surface area contributed by atoms with Gasteiger partial charge in [0.2, 0.25) is 5.91 Å². The molecule has 2 rings (SSSR count). The van der Waals surface area contributed by atoms with Gasteiger partial charge in [-0.15, -0.1) is 12.4 Å². The van der Waals surface area contributed by atoms with Crippen LogP contribution >= 0.6 is 24.0 Å². The van der Waals surface area contributed by atoms with Gasteiger partial charge in [0.25, 0.3) is 0 Å². The summed E-state index contributed by atoms with van der Waals surface area (Å²) >= 11 is 6.32. The van der Waals surface area contributed by atoms with Gasteiger partial charge in [-0.3, -0.25) is 4.79 Å². The number of hydrogen-bond acceptors (Lipinski definition) is 2. The lowest BCUT2D eigenvalue weighted by atomic mass is 9.99. The number of carbonyl (C=O) groups excluding carboxylic acids is 1. The van der Waals surface area contributed by atoms with Crippen LogP contribution in [0.25, 0.3) is 0 Å². The maximum atomic E-state index is 12.2. The Morgan fingerprint density at radius 3 is 2.43 bits per heavy atom. The normalized spacial score (nSPS) is 15.6. The number of nitrogens with zero attached hydrogens (tertiary/aromatic N) is 2. The van der Waals surface area contributed by atoms with Crippen LogP contribution in [0.2, 0.25) is 5.02 Å². The summed E-state index contributed by atoms with van der Waals surface area (Å²) in [5, 5.41) is 0.845. The Bertz CT molecular complexity index is 512. The largest absolute Gasteiger partial charge is 0.340 e. The van der Waals surface area contributed by atoms with Gasteiger partial charge in [-0.1, -0.05) is 37.6 Å². The minimum atomic E-state index is 0. The van der Waals surface area contributed by atoms with Crippen LogP contribution in [0.5, 0.6) is 0 Å². The second kappa shape index (κ2) is 9.51. The smallest absolute Gasteiger partial charge is 0.222 e. The van der Waals surface area contributed by atoms with E-state index in [1.165, 1.54) is 11.1 Å². The first-order valence-corrected chi connectivity index (χ1v) is 8.60. The molecule has 0 unspecified atom stereocenters. The number of halogens is 2. The predicted octanol–water partition coefficient (Wildman–Crippen LogP) is 3.98. The van der Waals surface area contributed by atoms with Crippen LogP contribution in [-0.4, -0.2) is 48.9 Å². The van der Waals surface area contributed by atoms with Crippen molar-refractivity contribution in [1.29, 1.82) is 0 Å². The van der Waals surface area contributed by atoms with Crippen molar-refractivity contribution in [3.05, 3.63) is 34.3 Å². The lowest BCUT2D eigenvalue weighted by Gasteiger charge is -2.32. The summed E-state index contributed by atoms with van der Waals surface area (Å²) in [6.45, 7) is 8.00. The Labute approximate surface area is 151 Å². The molecule has 1 aromatic carbocycles. The van der Waals surface area contributed by atoms with Crippen molar-refractivity contribution in [3.8, 4) is 0 Å². The molecular formula is C18H28Cl2N2O. The van der Waals surface area contributed by atoms with Crippen LogP contribution in [0.4, 0.5) is 0 Å². The Balaban J connectivity index is 0.00000264. The van der Waals surface area contributed by atoms with E-state index in [1.807, 2.05) is 4.90 Å². The third-order valence-corrected chi connectivity index (χ3v) is 4.73. The zero-order valence-corrected chi connectivity index (χ0v) is 15.9. The fraction of sp³-hybridized carbons (Fsp3) is 0.611. The molecule has 0 aliphatic carbocycles. The van der Waals surface area contributed by atoms with Crippen molar-refractivity contribution in [2.45, 2.75) is 39.0 Å². The molecule has 1 aliphatic heterocycles. The number of hydrogen-bond donors (Lipinski definition) is 0. The fourth-order valence-electron chi connectivity index (χ4n) is 2.85. The van der Waals surface area contributed by atoms with Gasteiger partial charge in [-0.05, 0) is 43.0 Å². The van der Waals surface area contributed by atoms with Gasteiger partial charge in [0.05, 0.1) is 0 Å². The van der Waals surface area contributed by atoms with Gasteiger partial charge in [-0.2, -0.15) is 0 Å². The molecule has 1 aliphatic rings. The van der Waals surface area contributed by atoms with Crippen LogP contribution in [-0.2, 0) is 11.2 Å². The Hall–Kier alpha value is -0.770. The minimum absolute atomic E-state index is 0. The average Bonchev–Trinajstić information content (AvgIpc) is 2.47. The Morgan fingerprint density at radius 2 is 1.87 bits per heavy atom. The average molecular weight is 359 g/mol. The fourth-order valence-corrected chi connectivity index (χ4v) is 3.27. The molecule has 130 valence electrons. The highest BCUT2D eigenvalue weighted by Gasteiger charge is 2.18. The molecule has 1 fully saturated rings. The van der Waals surface area contributed by atoms with Crippen molar-refractivity contribution in [2.75, 3.05) is 33.2 Å². The van der Waals surface area contributed by atoms with E-state index in [0.717, 1.165) is 44.0 Å². The Kier molecular flexibility index (Phi) is 8.38. The summed E-state index contributed by atoms with van der Waals surface area (Å²) in [5.41, 5.74) is 2.42. The van der Waals surface area contributed by atoms with Crippen LogP contribution in [0.1, 0.15) is 43.7 Å². The number of aryl methyl sites for hydroxylation is 1. The molecule has 0 radical (unpaired) electrons. The topological polar surface area (TPSA) is 23.6 Å². The lowest BCUT2D eigenvalue weighted by molar-refractivity contribution is -0.132. The van der Waals surface area contributed by atoms with Crippen molar-refractivity contribution in [1.82, 2.24) is 9.80 Å². The van der Waals surface area contributed by atoms with Crippen molar-refractivity contribution in [2.24, 2.45) is 0 Å². The van der Waals surface area contributed by atoms with Gasteiger partial charge in [0.1, 0.15) is 0 Å². The first-order valence-electron chi connectivity index (χ1n) is 8.22. The first-order chi connectivity index (χ1) is 10.5. The van der Waals surface area contributed by atoms with E-state index in [-0.39, 0.29) is 18.3 Å². The van der Waals surface area contributed by atoms with Gasteiger partial charge < -0.3 is 9.80 Å². The highest BCUT2D eigenvalue weighted by Crippen LogP contribution is 2.25. The molecule has 23 heavy (non-hydrogen) atoms. The van der Waals surface area contributed by atoms with Gasteiger partial charge >= 0.3 is 0 Å². The number of piperazine rings is 1. The van der Waals surface area contributed by atoms with Crippen LogP contribution in [0, 0.1) is 0 Å². The maximum Gasteiger partial charge on any atom is 0.222 e. The lowest BCUT2D eigenvalue weighted by Crippen LogP contribution is -2.47. The van der Waals surface area contributed by atoms with E-state index in [1.54, 1.807) is 0 Å². The molecule has 1 saturated heterocycles. The number of amides is 1. The predicted molar refractivity (Wildman–Crippen MR) is 99.8 cm³/mol. The van der Waals surface area contributed by atoms with E-state index in [4.69, 9.17) is 11.6 Å². The van der Waals surface area contributed by atoms with E-state index < -0.39 is 0 Å². The van der Waals surface area contributed by atoms with E-state index in [0.29, 0.717) is 12.3 Å². The van der Waals surface area contributed by atoms with Crippen molar-refractivity contribution in [3.63, 3.8) is 0 Å². The molecule has 1 aromatic rings. The molecule has 5 heteroatoms. The van der Waals surface area contributed by atoms with Crippen LogP contribution < -0.4 is 0 Å². The molecular weight excluding hydrogens is 331 g/mol. The number of rotatable bonds is 5. The quantitative estimate of drug-likeness (QED) is 0.794. The number of carbonyl (C=O) groups is 1. The van der Waals surface area contributed by atoms with Crippen LogP contribution in [0.3, 0.4) is 0 Å². The molecule has 3 nitrogen and oxygen atoms in total. The molecule has 0 saturated carbocycles. The molecule has 1 heterocycles. The first kappa shape index (κ1) is 20.3. The summed E-state index contributed by atoms with van der Waals surface area (Å²) in [4.78, 5) is 16.4. The minimum Gasteiger partial charge on any atom is -0.340 e. The number of likely N-dealkylation sites (N-methyl/N-ethyl adjacent to an activating group) is 1. The third kappa shape index (κ3) is 5.98. The molecule has 0 N–H and O–H groups in total. The van der Waals surface area contributed by atoms with Gasteiger partial charge in [0, 0.05) is 37.6 Å². The van der Waals surface area contributed by atoms with Crippen molar-refractivity contribution >= 4 is 29.9 Å². The maximum absolute atomic E-state index is 12.2. The number of benzene rings is 1. The highest BCUT2D eigenvalue weighted by atomic mass is 35.5. The molecule has 0 bridgehead atoms. The second-order valence-electron chi connectivity index (χ2n) is 6.55. The third-order valence-electron chi connectivity index (χ3n) is 4.40. The zero-order valence-electron chi connectivity index (χ0n) is 14.3. The summed E-state index contributed by atoms with van der Waals surface area (Å²) in [6.07, 6.45) is 2.44. The standard InChI is InChI=1S/C18H27ClN2O.ClH/c1-14(2)16-8-7-15(13-17(16)19)5-4-6-18(22)21-11-9-20(3)10-12-21;/h7-8,13-14H,4-6,9-12H2,1-3H3;1H. The summed E-state index contributed by atoms with van der Waals surface area (Å²) in [7, 11) is 2.10.